The maximum absolute atomic E-state index is 12.1. The van der Waals surface area contributed by atoms with Crippen molar-refractivity contribution in [3.63, 3.8) is 0 Å². The highest BCUT2D eigenvalue weighted by Crippen LogP contribution is 2.31. The van der Waals surface area contributed by atoms with Gasteiger partial charge >= 0.3 is 5.97 Å². The Kier molecular flexibility index (Phi) is 7.72. The molecule has 1 rings (SSSR count). The van der Waals surface area contributed by atoms with Crippen LogP contribution < -0.4 is 14.8 Å². The molecule has 0 saturated heterocycles. The van der Waals surface area contributed by atoms with Gasteiger partial charge < -0.3 is 19.5 Å². The molecule has 0 atom stereocenters. The number of carbonyl (C=O) groups excluding carboxylic acids is 2. The van der Waals surface area contributed by atoms with Gasteiger partial charge in [0.15, 0.2) is 11.5 Å². The van der Waals surface area contributed by atoms with Crippen molar-refractivity contribution in [3.8, 4) is 11.5 Å². The van der Waals surface area contributed by atoms with E-state index < -0.39 is 5.97 Å². The molecule has 0 heterocycles. The minimum atomic E-state index is -0.433. The van der Waals surface area contributed by atoms with Crippen molar-refractivity contribution in [2.24, 2.45) is 0 Å². The molecule has 0 radical (unpaired) electrons. The number of esters is 1. The summed E-state index contributed by atoms with van der Waals surface area (Å²) in [5, 5.41) is 2.69. The highest BCUT2D eigenvalue weighted by molar-refractivity contribution is 14.1. The topological polar surface area (TPSA) is 73.9 Å². The summed E-state index contributed by atoms with van der Waals surface area (Å²) in [6.45, 7) is 2.27. The molecule has 1 amide bonds. The third-order valence-corrected chi connectivity index (χ3v) is 3.53. The molecule has 6 nitrogen and oxygen atoms in total. The summed E-state index contributed by atoms with van der Waals surface area (Å²) in [6.07, 6.45) is 2.81. The first-order valence-electron chi connectivity index (χ1n) is 6.56. The van der Waals surface area contributed by atoms with Gasteiger partial charge in [-0.05, 0) is 41.6 Å². The summed E-state index contributed by atoms with van der Waals surface area (Å²) in [4.78, 5) is 23.3. The fourth-order valence-electron chi connectivity index (χ4n) is 1.62. The van der Waals surface area contributed by atoms with Crippen LogP contribution in [-0.4, -0.2) is 39.2 Å². The summed E-state index contributed by atoms with van der Waals surface area (Å²) >= 11 is 2.05. The van der Waals surface area contributed by atoms with Crippen LogP contribution in [0.15, 0.2) is 24.3 Å². The van der Waals surface area contributed by atoms with E-state index in [0.717, 1.165) is 3.57 Å². The molecule has 1 N–H and O–H groups in total. The number of hydrogen-bond acceptors (Lipinski definition) is 5. The lowest BCUT2D eigenvalue weighted by Crippen LogP contribution is -2.24. The molecule has 7 heteroatoms. The number of ether oxygens (including phenoxy) is 3. The van der Waals surface area contributed by atoms with Crippen molar-refractivity contribution in [2.75, 3.05) is 27.4 Å². The molecule has 120 valence electrons. The number of halogens is 1. The van der Waals surface area contributed by atoms with Gasteiger partial charge in [0.1, 0.15) is 0 Å². The van der Waals surface area contributed by atoms with Gasteiger partial charge in [-0.1, -0.05) is 6.08 Å². The predicted molar refractivity (Wildman–Crippen MR) is 90.4 cm³/mol. The normalized spacial score (nSPS) is 10.4. The van der Waals surface area contributed by atoms with Crippen molar-refractivity contribution in [2.45, 2.75) is 6.92 Å². The zero-order valence-corrected chi connectivity index (χ0v) is 14.8. The first kappa shape index (κ1) is 18.3. The molecule has 0 unspecified atom stereocenters. The molecule has 0 fully saturated rings. The molecule has 0 bridgehead atoms. The van der Waals surface area contributed by atoms with Crippen LogP contribution in [-0.2, 0) is 9.53 Å². The highest BCUT2D eigenvalue weighted by atomic mass is 127. The lowest BCUT2D eigenvalue weighted by Gasteiger charge is -2.11. The number of amides is 1. The quantitative estimate of drug-likeness (QED) is 0.417. The van der Waals surface area contributed by atoms with Crippen molar-refractivity contribution < 1.29 is 23.8 Å². The minimum absolute atomic E-state index is 0.224. The summed E-state index contributed by atoms with van der Waals surface area (Å²) in [5.41, 5.74) is 0.475. The lowest BCUT2D eigenvalue weighted by atomic mass is 10.2. The molecule has 0 aromatic heterocycles. The maximum atomic E-state index is 12.1. The van der Waals surface area contributed by atoms with E-state index in [1.54, 1.807) is 19.1 Å². The second kappa shape index (κ2) is 9.29. The SMILES string of the molecule is CCOC(=O)/C=C\CNC(=O)c1cc(OC)c(OC)cc1I. The molecular weight excluding hydrogens is 401 g/mol. The molecule has 0 saturated carbocycles. The average Bonchev–Trinajstić information content (AvgIpc) is 2.51. The number of rotatable bonds is 7. The van der Waals surface area contributed by atoms with Crippen LogP contribution in [0.1, 0.15) is 17.3 Å². The van der Waals surface area contributed by atoms with E-state index in [9.17, 15) is 9.59 Å². The van der Waals surface area contributed by atoms with E-state index >= 15 is 0 Å². The van der Waals surface area contributed by atoms with Crippen LogP contribution in [0.5, 0.6) is 11.5 Å². The zero-order chi connectivity index (χ0) is 16.5. The first-order valence-corrected chi connectivity index (χ1v) is 7.64. The second-order valence-electron chi connectivity index (χ2n) is 4.05. The Morgan fingerprint density at radius 2 is 1.86 bits per heavy atom. The number of nitrogens with one attached hydrogen (secondary N) is 1. The Morgan fingerprint density at radius 3 is 2.45 bits per heavy atom. The molecule has 0 spiro atoms. The molecule has 1 aromatic carbocycles. The lowest BCUT2D eigenvalue weighted by molar-refractivity contribution is -0.137. The van der Waals surface area contributed by atoms with Crippen LogP contribution >= 0.6 is 22.6 Å². The third kappa shape index (κ3) is 5.21. The Bertz CT molecular complexity index is 571. The summed E-state index contributed by atoms with van der Waals surface area (Å²) in [5.74, 6) is 0.345. The highest BCUT2D eigenvalue weighted by Gasteiger charge is 2.14. The summed E-state index contributed by atoms with van der Waals surface area (Å²) in [6, 6.07) is 3.34. The Balaban J connectivity index is 2.72. The van der Waals surface area contributed by atoms with E-state index in [0.29, 0.717) is 23.7 Å². The van der Waals surface area contributed by atoms with Gasteiger partial charge in [-0.25, -0.2) is 4.79 Å². The van der Waals surface area contributed by atoms with Gasteiger partial charge in [-0.3, -0.25) is 4.79 Å². The van der Waals surface area contributed by atoms with E-state index in [4.69, 9.17) is 14.2 Å². The van der Waals surface area contributed by atoms with Gasteiger partial charge in [-0.15, -0.1) is 0 Å². The maximum Gasteiger partial charge on any atom is 0.330 e. The largest absolute Gasteiger partial charge is 0.493 e. The number of carbonyl (C=O) groups is 2. The predicted octanol–water partition coefficient (Wildman–Crippen LogP) is 2.16. The van der Waals surface area contributed by atoms with Crippen molar-refractivity contribution >= 4 is 34.5 Å². The molecule has 0 aliphatic carbocycles. The Hall–Kier alpha value is -1.77. The molecule has 1 aromatic rings. The van der Waals surface area contributed by atoms with E-state index in [-0.39, 0.29) is 12.5 Å². The first-order chi connectivity index (χ1) is 10.5. The van der Waals surface area contributed by atoms with E-state index in [2.05, 4.69) is 27.9 Å². The zero-order valence-electron chi connectivity index (χ0n) is 12.6. The van der Waals surface area contributed by atoms with Crippen LogP contribution in [0.3, 0.4) is 0 Å². The molecular formula is C15H18INO5. The average molecular weight is 419 g/mol. The standard InChI is InChI=1S/C15H18INO5/c1-4-22-14(18)6-5-7-17-15(19)10-8-12(20-2)13(21-3)9-11(10)16/h5-6,8-9H,4,7H2,1-3H3,(H,17,19)/b6-5-. The number of hydrogen-bond donors (Lipinski definition) is 1. The number of methoxy groups -OCH3 is 2. The minimum Gasteiger partial charge on any atom is -0.493 e. The van der Waals surface area contributed by atoms with Gasteiger partial charge in [0.05, 0.1) is 26.4 Å². The van der Waals surface area contributed by atoms with Gasteiger partial charge in [0.25, 0.3) is 5.91 Å². The monoisotopic (exact) mass is 419 g/mol. The third-order valence-electron chi connectivity index (χ3n) is 2.64. The van der Waals surface area contributed by atoms with Crippen LogP contribution in [0.25, 0.3) is 0 Å². The smallest absolute Gasteiger partial charge is 0.330 e. The summed E-state index contributed by atoms with van der Waals surface area (Å²) in [7, 11) is 3.04. The molecule has 0 aliphatic rings. The van der Waals surface area contributed by atoms with Gasteiger partial charge in [0.2, 0.25) is 0 Å². The molecule has 22 heavy (non-hydrogen) atoms. The van der Waals surface area contributed by atoms with Crippen LogP contribution in [0, 0.1) is 3.57 Å². The second-order valence-corrected chi connectivity index (χ2v) is 5.21. The van der Waals surface area contributed by atoms with Crippen LogP contribution in [0.4, 0.5) is 0 Å². The van der Waals surface area contributed by atoms with E-state index in [1.807, 2.05) is 0 Å². The summed E-state index contributed by atoms with van der Waals surface area (Å²) < 4.78 is 15.8. The number of benzene rings is 1. The van der Waals surface area contributed by atoms with Crippen LogP contribution in [0.2, 0.25) is 0 Å². The van der Waals surface area contributed by atoms with Crippen molar-refractivity contribution in [1.29, 1.82) is 0 Å². The van der Waals surface area contributed by atoms with E-state index in [1.165, 1.54) is 26.4 Å². The van der Waals surface area contributed by atoms with Crippen molar-refractivity contribution in [3.05, 3.63) is 33.4 Å². The van der Waals surface area contributed by atoms with Crippen molar-refractivity contribution in [1.82, 2.24) is 5.32 Å². The fraction of sp³-hybridized carbons (Fsp3) is 0.333. The Labute approximate surface area is 143 Å². The van der Waals surface area contributed by atoms with Gasteiger partial charge in [0, 0.05) is 16.2 Å². The molecule has 0 aliphatic heterocycles. The fourth-order valence-corrected chi connectivity index (χ4v) is 2.30. The Morgan fingerprint density at radius 1 is 1.23 bits per heavy atom. The van der Waals surface area contributed by atoms with Gasteiger partial charge in [-0.2, -0.15) is 0 Å².